The zero-order valence-electron chi connectivity index (χ0n) is 15.0. The molecular formula is C19H17ClF3NO4. The van der Waals surface area contributed by atoms with Gasteiger partial charge in [0, 0.05) is 0 Å². The van der Waals surface area contributed by atoms with E-state index in [0.29, 0.717) is 11.8 Å². The molecule has 0 saturated carbocycles. The molecule has 28 heavy (non-hydrogen) atoms. The average molecular weight is 416 g/mol. The van der Waals surface area contributed by atoms with E-state index in [9.17, 15) is 22.8 Å². The second-order valence-corrected chi connectivity index (χ2v) is 6.33. The number of rotatable bonds is 6. The number of carbonyl (C=O) groups is 2. The Morgan fingerprint density at radius 1 is 1.18 bits per heavy atom. The number of nitrogens with one attached hydrogen (secondary N) is 1. The van der Waals surface area contributed by atoms with Crippen LogP contribution in [0.3, 0.4) is 0 Å². The van der Waals surface area contributed by atoms with Gasteiger partial charge in [0.1, 0.15) is 5.75 Å². The summed E-state index contributed by atoms with van der Waals surface area (Å²) >= 11 is 5.80. The Bertz CT molecular complexity index is 870. The third kappa shape index (κ3) is 6.16. The fraction of sp³-hybridized carbons (Fsp3) is 0.263. The molecule has 0 spiro atoms. The fourth-order valence-electron chi connectivity index (χ4n) is 2.18. The second kappa shape index (κ2) is 8.97. The summed E-state index contributed by atoms with van der Waals surface area (Å²) in [6.45, 7) is 2.61. The van der Waals surface area contributed by atoms with Crippen LogP contribution in [-0.4, -0.2) is 24.6 Å². The average Bonchev–Trinajstić information content (AvgIpc) is 2.60. The Balaban J connectivity index is 1.90. The maximum atomic E-state index is 12.7. The van der Waals surface area contributed by atoms with Crippen LogP contribution >= 0.6 is 11.6 Å². The summed E-state index contributed by atoms with van der Waals surface area (Å²) in [6, 6.07) is 9.52. The van der Waals surface area contributed by atoms with Gasteiger partial charge in [0.2, 0.25) is 0 Å². The van der Waals surface area contributed by atoms with Crippen molar-refractivity contribution in [2.45, 2.75) is 26.1 Å². The molecule has 0 saturated heterocycles. The van der Waals surface area contributed by atoms with Crippen LogP contribution in [0.25, 0.3) is 0 Å². The van der Waals surface area contributed by atoms with Crippen LogP contribution < -0.4 is 10.1 Å². The van der Waals surface area contributed by atoms with Gasteiger partial charge in [-0.3, -0.25) is 4.79 Å². The molecule has 0 heterocycles. The van der Waals surface area contributed by atoms with Crippen LogP contribution in [0, 0.1) is 6.92 Å². The molecular weight excluding hydrogens is 399 g/mol. The van der Waals surface area contributed by atoms with Gasteiger partial charge in [0.25, 0.3) is 5.91 Å². The lowest BCUT2D eigenvalue weighted by molar-refractivity contribution is -0.153. The summed E-state index contributed by atoms with van der Waals surface area (Å²) in [4.78, 5) is 23.8. The minimum Gasteiger partial charge on any atom is -0.479 e. The van der Waals surface area contributed by atoms with E-state index < -0.39 is 36.3 Å². The summed E-state index contributed by atoms with van der Waals surface area (Å²) in [5.74, 6) is -1.17. The molecule has 2 aromatic carbocycles. The van der Waals surface area contributed by atoms with Gasteiger partial charge < -0.3 is 14.8 Å². The molecule has 9 heteroatoms. The number of carbonyl (C=O) groups excluding carboxylic acids is 2. The van der Waals surface area contributed by atoms with Crippen LogP contribution in [-0.2, 0) is 20.5 Å². The summed E-state index contributed by atoms with van der Waals surface area (Å²) in [5, 5.41) is 2.11. The quantitative estimate of drug-likeness (QED) is 0.699. The Hall–Kier alpha value is -2.74. The Labute approximate surface area is 164 Å². The lowest BCUT2D eigenvalue weighted by Crippen LogP contribution is -2.29. The molecule has 1 amide bonds. The third-order valence-corrected chi connectivity index (χ3v) is 3.88. The van der Waals surface area contributed by atoms with Crippen LogP contribution in [0.2, 0.25) is 5.02 Å². The number of benzene rings is 2. The Morgan fingerprint density at radius 2 is 1.89 bits per heavy atom. The summed E-state index contributed by atoms with van der Waals surface area (Å²) in [5.41, 5.74) is -0.263. The van der Waals surface area contributed by atoms with Crippen LogP contribution in [0.1, 0.15) is 18.1 Å². The van der Waals surface area contributed by atoms with Crippen molar-refractivity contribution in [1.29, 1.82) is 0 Å². The van der Waals surface area contributed by atoms with Crippen LogP contribution in [0.4, 0.5) is 18.9 Å². The highest BCUT2D eigenvalue weighted by molar-refractivity contribution is 6.33. The molecule has 0 radical (unpaired) electrons. The smallest absolute Gasteiger partial charge is 0.416 e. The van der Waals surface area contributed by atoms with E-state index in [2.05, 4.69) is 5.32 Å². The first kappa shape index (κ1) is 21.6. The molecule has 0 fully saturated rings. The molecule has 150 valence electrons. The van der Waals surface area contributed by atoms with Crippen molar-refractivity contribution >= 4 is 29.2 Å². The van der Waals surface area contributed by atoms with Crippen molar-refractivity contribution in [3.05, 3.63) is 58.6 Å². The normalized spacial score (nSPS) is 12.2. The monoisotopic (exact) mass is 415 g/mol. The minimum atomic E-state index is -4.58. The van der Waals surface area contributed by atoms with Crippen molar-refractivity contribution in [3.8, 4) is 5.75 Å². The predicted molar refractivity (Wildman–Crippen MR) is 97.3 cm³/mol. The van der Waals surface area contributed by atoms with E-state index in [4.69, 9.17) is 21.1 Å². The number of amides is 1. The first-order valence-electron chi connectivity index (χ1n) is 8.13. The first-order valence-corrected chi connectivity index (χ1v) is 8.50. The van der Waals surface area contributed by atoms with E-state index in [-0.39, 0.29) is 10.7 Å². The highest BCUT2D eigenvalue weighted by Crippen LogP contribution is 2.33. The fourth-order valence-corrected chi connectivity index (χ4v) is 2.34. The van der Waals surface area contributed by atoms with Gasteiger partial charge in [-0.15, -0.1) is 0 Å². The van der Waals surface area contributed by atoms with Gasteiger partial charge in [-0.1, -0.05) is 23.7 Å². The molecule has 0 aliphatic heterocycles. The zero-order chi connectivity index (χ0) is 20.9. The highest BCUT2D eigenvalue weighted by Gasteiger charge is 2.31. The van der Waals surface area contributed by atoms with Crippen molar-refractivity contribution in [2.24, 2.45) is 0 Å². The van der Waals surface area contributed by atoms with E-state index in [1.165, 1.54) is 6.92 Å². The summed E-state index contributed by atoms with van der Waals surface area (Å²) < 4.78 is 48.5. The zero-order valence-corrected chi connectivity index (χ0v) is 15.7. The number of hydrogen-bond donors (Lipinski definition) is 1. The highest BCUT2D eigenvalue weighted by atomic mass is 35.5. The molecule has 2 rings (SSSR count). The van der Waals surface area contributed by atoms with E-state index in [1.54, 1.807) is 18.2 Å². The minimum absolute atomic E-state index is 0.0798. The molecule has 2 aromatic rings. The third-order valence-electron chi connectivity index (χ3n) is 3.55. The van der Waals surface area contributed by atoms with Crippen molar-refractivity contribution in [1.82, 2.24) is 0 Å². The number of esters is 1. The molecule has 0 aliphatic carbocycles. The van der Waals surface area contributed by atoms with E-state index in [0.717, 1.165) is 17.7 Å². The molecule has 1 atom stereocenters. The van der Waals surface area contributed by atoms with E-state index in [1.807, 2.05) is 13.0 Å². The van der Waals surface area contributed by atoms with Gasteiger partial charge in [-0.2, -0.15) is 13.2 Å². The molecule has 5 nitrogen and oxygen atoms in total. The van der Waals surface area contributed by atoms with Gasteiger partial charge in [0.05, 0.1) is 16.3 Å². The summed E-state index contributed by atoms with van der Waals surface area (Å²) in [6.07, 6.45) is -5.56. The predicted octanol–water partition coefficient (Wildman–Crippen LogP) is 4.62. The number of alkyl halides is 3. The maximum absolute atomic E-state index is 12.7. The topological polar surface area (TPSA) is 64.6 Å². The Morgan fingerprint density at radius 3 is 2.54 bits per heavy atom. The van der Waals surface area contributed by atoms with Crippen molar-refractivity contribution in [2.75, 3.05) is 11.9 Å². The lowest BCUT2D eigenvalue weighted by Gasteiger charge is -2.15. The number of halogens is 4. The lowest BCUT2D eigenvalue weighted by atomic mass is 10.2. The molecule has 1 N–H and O–H groups in total. The number of hydrogen-bond acceptors (Lipinski definition) is 4. The Kier molecular flexibility index (Phi) is 6.90. The molecule has 0 unspecified atom stereocenters. The number of aryl methyl sites for hydroxylation is 1. The van der Waals surface area contributed by atoms with Crippen molar-refractivity contribution < 1.29 is 32.2 Å². The van der Waals surface area contributed by atoms with Gasteiger partial charge in [-0.25, -0.2) is 4.79 Å². The van der Waals surface area contributed by atoms with Gasteiger partial charge in [-0.05, 0) is 49.7 Å². The van der Waals surface area contributed by atoms with Gasteiger partial charge in [0.15, 0.2) is 12.7 Å². The van der Waals surface area contributed by atoms with Crippen molar-refractivity contribution in [3.63, 3.8) is 0 Å². The van der Waals surface area contributed by atoms with Crippen LogP contribution in [0.5, 0.6) is 5.75 Å². The largest absolute Gasteiger partial charge is 0.479 e. The second-order valence-electron chi connectivity index (χ2n) is 5.92. The maximum Gasteiger partial charge on any atom is 0.416 e. The SMILES string of the molecule is Cc1cccc(O[C@@H](C)C(=O)OCC(=O)Nc2cc(C(F)(F)F)ccc2Cl)c1. The molecule has 0 aromatic heterocycles. The first-order chi connectivity index (χ1) is 13.1. The van der Waals surface area contributed by atoms with Gasteiger partial charge >= 0.3 is 12.1 Å². The number of anilines is 1. The standard InChI is InChI=1S/C19H17ClF3NO4/c1-11-4-3-5-14(8-11)28-12(2)18(26)27-10-17(25)24-16-9-13(19(21,22)23)6-7-15(16)20/h3-9,12H,10H2,1-2H3,(H,24,25)/t12-/m0/s1. The summed E-state index contributed by atoms with van der Waals surface area (Å²) in [7, 11) is 0. The van der Waals surface area contributed by atoms with Crippen LogP contribution in [0.15, 0.2) is 42.5 Å². The number of ether oxygens (including phenoxy) is 2. The van der Waals surface area contributed by atoms with E-state index >= 15 is 0 Å². The molecule has 0 aliphatic rings. The molecule has 0 bridgehead atoms.